The molecule has 0 saturated heterocycles. The van der Waals surface area contributed by atoms with Gasteiger partial charge in [0.15, 0.2) is 0 Å². The molecule has 5 amide bonds. The molecule has 180 valence electrons. The minimum absolute atomic E-state index is 0.145. The van der Waals surface area contributed by atoms with Gasteiger partial charge in [-0.3, -0.25) is 28.8 Å². The normalized spacial score (nSPS) is 14.2. The minimum atomic E-state index is -1.87. The molecule has 0 aromatic heterocycles. The number of rotatable bonds is 15. The van der Waals surface area contributed by atoms with E-state index in [1.807, 2.05) is 10.6 Å². The molecule has 0 saturated carbocycles. The first kappa shape index (κ1) is 28.2. The molecule has 0 aromatic rings. The number of amides is 5. The highest BCUT2D eigenvalue weighted by molar-refractivity contribution is 5.96. The molecule has 0 aliphatic rings. The zero-order chi connectivity index (χ0) is 25.0. The second-order valence-electron chi connectivity index (χ2n) is 6.58. The van der Waals surface area contributed by atoms with Crippen LogP contribution in [0.25, 0.3) is 0 Å². The molecular weight excluding hydrogens is 436 g/mol. The number of carbonyl (C=O) groups excluding carboxylic acids is 5. The number of aliphatic carboxylic acids is 2. The highest BCUT2D eigenvalue weighted by atomic mass is 16.4. The van der Waals surface area contributed by atoms with E-state index >= 15 is 0 Å². The number of carbonyl (C=O) groups is 7. The van der Waals surface area contributed by atoms with Crippen molar-refractivity contribution in [1.82, 2.24) is 16.0 Å². The van der Waals surface area contributed by atoms with E-state index in [1.165, 1.54) is 0 Å². The van der Waals surface area contributed by atoms with Crippen molar-refractivity contribution in [3.05, 3.63) is 0 Å². The first-order valence-electron chi connectivity index (χ1n) is 9.07. The molecule has 32 heavy (non-hydrogen) atoms. The molecular formula is C16H26N6O10. The monoisotopic (exact) mass is 462 g/mol. The van der Waals surface area contributed by atoms with Crippen LogP contribution in [0.3, 0.4) is 0 Å². The first-order valence-corrected chi connectivity index (χ1v) is 9.07. The molecule has 0 aromatic carbocycles. The van der Waals surface area contributed by atoms with E-state index in [2.05, 4.69) is 5.32 Å². The van der Waals surface area contributed by atoms with Gasteiger partial charge in [-0.25, -0.2) is 4.79 Å². The average Bonchev–Trinajstić information content (AvgIpc) is 2.67. The number of carboxylic acids is 2. The van der Waals surface area contributed by atoms with Gasteiger partial charge in [-0.2, -0.15) is 0 Å². The van der Waals surface area contributed by atoms with Crippen LogP contribution in [0, 0.1) is 0 Å². The third kappa shape index (κ3) is 10.8. The topological polar surface area (TPSA) is 294 Å². The Labute approximate surface area is 180 Å². The van der Waals surface area contributed by atoms with E-state index < -0.39 is 85.1 Å². The summed E-state index contributed by atoms with van der Waals surface area (Å²) in [5.74, 6) is -8.34. The molecule has 0 aliphatic carbocycles. The van der Waals surface area contributed by atoms with Crippen LogP contribution in [0.1, 0.15) is 25.7 Å². The van der Waals surface area contributed by atoms with Crippen LogP contribution >= 0.6 is 0 Å². The van der Waals surface area contributed by atoms with Crippen molar-refractivity contribution in [2.75, 3.05) is 6.61 Å². The summed E-state index contributed by atoms with van der Waals surface area (Å²) in [7, 11) is 0. The standard InChI is InChI=1S/C16H26N6O10/c17-6(1-2-10(18)24)13(28)22-9(5-23)15(30)20-7(3-11(19)25)14(29)21-8(16(31)32)4-12(26)27/h6-9,23H,1-5,17H2,(H2,18,24)(H2,19,25)(H,20,30)(H,21,29)(H,22,28)(H,26,27)(H,31,32). The van der Waals surface area contributed by atoms with Crippen LogP contribution in [0.5, 0.6) is 0 Å². The van der Waals surface area contributed by atoms with Crippen molar-refractivity contribution in [3.8, 4) is 0 Å². The van der Waals surface area contributed by atoms with Gasteiger partial charge in [0, 0.05) is 6.42 Å². The van der Waals surface area contributed by atoms with Crippen LogP contribution in [0.15, 0.2) is 0 Å². The van der Waals surface area contributed by atoms with Gasteiger partial charge in [-0.05, 0) is 6.42 Å². The molecule has 4 unspecified atom stereocenters. The Kier molecular flexibility index (Phi) is 11.9. The van der Waals surface area contributed by atoms with Crippen LogP contribution < -0.4 is 33.2 Å². The van der Waals surface area contributed by atoms with Crippen molar-refractivity contribution >= 4 is 41.5 Å². The maximum atomic E-state index is 12.3. The third-order valence-electron chi connectivity index (χ3n) is 3.89. The SMILES string of the molecule is NC(=O)CCC(N)C(=O)NC(CO)C(=O)NC(CC(N)=O)C(=O)NC(CC(=O)O)C(=O)O. The number of aliphatic hydroxyl groups is 1. The van der Waals surface area contributed by atoms with Crippen LogP contribution in [-0.4, -0.2) is 87.6 Å². The molecule has 12 N–H and O–H groups in total. The van der Waals surface area contributed by atoms with Gasteiger partial charge in [0.1, 0.15) is 18.1 Å². The number of carboxylic acid groups (broad SMARTS) is 2. The number of nitrogens with two attached hydrogens (primary N) is 3. The summed E-state index contributed by atoms with van der Waals surface area (Å²) in [5.41, 5.74) is 15.5. The van der Waals surface area contributed by atoms with Crippen molar-refractivity contribution < 1.29 is 48.9 Å². The first-order chi connectivity index (χ1) is 14.8. The predicted octanol–water partition coefficient (Wildman–Crippen LogP) is -5.54. The molecule has 0 rings (SSSR count). The highest BCUT2D eigenvalue weighted by Crippen LogP contribution is 2.00. The number of nitrogens with one attached hydrogen (secondary N) is 3. The van der Waals surface area contributed by atoms with Crippen molar-refractivity contribution in [2.24, 2.45) is 17.2 Å². The Morgan fingerprint density at radius 3 is 1.66 bits per heavy atom. The fourth-order valence-electron chi connectivity index (χ4n) is 2.23. The molecule has 4 atom stereocenters. The van der Waals surface area contributed by atoms with Gasteiger partial charge >= 0.3 is 11.9 Å². The van der Waals surface area contributed by atoms with Gasteiger partial charge in [0.25, 0.3) is 0 Å². The van der Waals surface area contributed by atoms with Crippen LogP contribution in [-0.2, 0) is 33.6 Å². The lowest BCUT2D eigenvalue weighted by atomic mass is 10.1. The summed E-state index contributed by atoms with van der Waals surface area (Å²) in [5, 5.41) is 33.0. The summed E-state index contributed by atoms with van der Waals surface area (Å²) in [6.07, 6.45) is -2.15. The maximum absolute atomic E-state index is 12.3. The molecule has 0 bridgehead atoms. The number of hydrogen-bond acceptors (Lipinski definition) is 9. The van der Waals surface area contributed by atoms with Crippen LogP contribution in [0.2, 0.25) is 0 Å². The van der Waals surface area contributed by atoms with Gasteiger partial charge < -0.3 is 48.5 Å². The van der Waals surface area contributed by atoms with E-state index in [9.17, 15) is 38.7 Å². The summed E-state index contributed by atoms with van der Waals surface area (Å²) in [6.45, 7) is -0.957. The lowest BCUT2D eigenvalue weighted by Gasteiger charge is -2.23. The van der Waals surface area contributed by atoms with E-state index in [4.69, 9.17) is 27.4 Å². The number of hydrogen-bond donors (Lipinski definition) is 9. The van der Waals surface area contributed by atoms with Crippen molar-refractivity contribution in [1.29, 1.82) is 0 Å². The summed E-state index contributed by atoms with van der Waals surface area (Å²) < 4.78 is 0. The molecule has 0 aliphatic heterocycles. The quantitative estimate of drug-likeness (QED) is 0.110. The molecule has 0 heterocycles. The Morgan fingerprint density at radius 2 is 1.22 bits per heavy atom. The highest BCUT2D eigenvalue weighted by Gasteiger charge is 2.31. The molecule has 16 nitrogen and oxygen atoms in total. The number of primary amides is 2. The molecule has 16 heteroatoms. The predicted molar refractivity (Wildman–Crippen MR) is 103 cm³/mol. The van der Waals surface area contributed by atoms with Gasteiger partial charge in [-0.15, -0.1) is 0 Å². The lowest BCUT2D eigenvalue weighted by molar-refractivity contribution is -0.147. The van der Waals surface area contributed by atoms with Crippen molar-refractivity contribution in [3.63, 3.8) is 0 Å². The zero-order valence-corrected chi connectivity index (χ0v) is 16.8. The minimum Gasteiger partial charge on any atom is -0.481 e. The Bertz CT molecular complexity index is 758. The van der Waals surface area contributed by atoms with Crippen molar-refractivity contribution in [2.45, 2.75) is 49.9 Å². The zero-order valence-electron chi connectivity index (χ0n) is 16.8. The Balaban J connectivity index is 5.27. The summed E-state index contributed by atoms with van der Waals surface area (Å²) in [6, 6.07) is -6.50. The summed E-state index contributed by atoms with van der Waals surface area (Å²) >= 11 is 0. The van der Waals surface area contributed by atoms with Gasteiger partial charge in [-0.1, -0.05) is 0 Å². The fraction of sp³-hybridized carbons (Fsp3) is 0.562. The smallest absolute Gasteiger partial charge is 0.326 e. The molecule has 0 fully saturated rings. The van der Waals surface area contributed by atoms with E-state index in [1.54, 1.807) is 0 Å². The van der Waals surface area contributed by atoms with Crippen LogP contribution in [0.4, 0.5) is 0 Å². The van der Waals surface area contributed by atoms with E-state index in [0.717, 1.165) is 0 Å². The second kappa shape index (κ2) is 13.5. The third-order valence-corrected chi connectivity index (χ3v) is 3.89. The van der Waals surface area contributed by atoms with E-state index in [0.29, 0.717) is 0 Å². The molecule has 0 radical (unpaired) electrons. The Morgan fingerprint density at radius 1 is 0.719 bits per heavy atom. The summed E-state index contributed by atoms with van der Waals surface area (Å²) in [4.78, 5) is 80.4. The van der Waals surface area contributed by atoms with Gasteiger partial charge in [0.05, 0.1) is 25.5 Å². The number of aliphatic hydroxyl groups excluding tert-OH is 1. The average molecular weight is 462 g/mol. The lowest BCUT2D eigenvalue weighted by Crippen LogP contribution is -2.58. The fourth-order valence-corrected chi connectivity index (χ4v) is 2.23. The maximum Gasteiger partial charge on any atom is 0.326 e. The van der Waals surface area contributed by atoms with Gasteiger partial charge in [0.2, 0.25) is 29.5 Å². The largest absolute Gasteiger partial charge is 0.481 e. The second-order valence-corrected chi connectivity index (χ2v) is 6.58. The Hall–Kier alpha value is -3.79. The molecule has 0 spiro atoms. The van der Waals surface area contributed by atoms with E-state index in [-0.39, 0.29) is 12.8 Å².